The lowest BCUT2D eigenvalue weighted by Gasteiger charge is -2.22. The second-order valence-corrected chi connectivity index (χ2v) is 46.4. The molecule has 1 aliphatic rings. The third kappa shape index (κ3) is 24.0. The van der Waals surface area contributed by atoms with Gasteiger partial charge < -0.3 is 14.2 Å². The monoisotopic (exact) mass is 2530 g/mol. The first-order valence-electron chi connectivity index (χ1n) is 36.0. The van der Waals surface area contributed by atoms with E-state index in [0.29, 0.717) is 39.9 Å². The van der Waals surface area contributed by atoms with E-state index in [1.807, 2.05) is 91.0 Å². The third-order valence-corrected chi connectivity index (χ3v) is 31.8. The summed E-state index contributed by atoms with van der Waals surface area (Å²) in [7, 11) is -0.837. The zero-order valence-electron chi connectivity index (χ0n) is 62.6. The summed E-state index contributed by atoms with van der Waals surface area (Å²) in [6, 6.07) is 93.2. The van der Waals surface area contributed by atoms with Gasteiger partial charge in [0.1, 0.15) is 0 Å². The summed E-state index contributed by atoms with van der Waals surface area (Å²) in [5, 5.41) is 0. The molecule has 1 aliphatic carbocycles. The number of esters is 3. The maximum Gasteiger partial charge on any atom is 0.343 e. The average Bonchev–Trinajstić information content (AvgIpc) is 0.794. The number of hydrogen-bond donors (Lipinski definition) is 0. The van der Waals surface area contributed by atoms with Crippen molar-refractivity contribution in [3.8, 4) is 17.2 Å². The maximum atomic E-state index is 13.1. The van der Waals surface area contributed by atoms with Crippen molar-refractivity contribution in [1.82, 2.24) is 0 Å². The summed E-state index contributed by atoms with van der Waals surface area (Å²) in [6.45, 7) is 20.1. The predicted octanol–water partition coefficient (Wildman–Crippen LogP) is 29.4. The van der Waals surface area contributed by atoms with Crippen LogP contribution in [0, 0.1) is 32.1 Å². The Labute approximate surface area is 786 Å². The Hall–Kier alpha value is -3.33. The Morgan fingerprint density at radius 1 is 0.279 bits per heavy atom. The van der Waals surface area contributed by atoms with E-state index in [2.05, 4.69) is 442 Å². The van der Waals surface area contributed by atoms with Crippen molar-refractivity contribution in [2.24, 2.45) is 0 Å². The van der Waals surface area contributed by atoms with Gasteiger partial charge in [-0.05, 0) is 443 Å². The van der Waals surface area contributed by atoms with Crippen molar-refractivity contribution >= 4 is 254 Å². The Kier molecular flexibility index (Phi) is 32.2. The van der Waals surface area contributed by atoms with Gasteiger partial charge in [0.15, 0.2) is 61.3 Å². The van der Waals surface area contributed by atoms with E-state index < -0.39 is 0 Å². The van der Waals surface area contributed by atoms with Crippen molar-refractivity contribution in [1.29, 1.82) is 0 Å². The maximum absolute atomic E-state index is 13.1. The lowest BCUT2D eigenvalue weighted by Crippen LogP contribution is -2.13. The van der Waals surface area contributed by atoms with E-state index in [9.17, 15) is 14.4 Å². The summed E-state index contributed by atoms with van der Waals surface area (Å²) < 4.78 is 26.3. The van der Waals surface area contributed by atoms with Crippen LogP contribution in [0.2, 0.25) is 0 Å². The summed E-state index contributed by atoms with van der Waals surface area (Å²) in [5.41, 5.74) is 7.36. The minimum absolute atomic E-state index is 0.0974. The van der Waals surface area contributed by atoms with Gasteiger partial charge in [-0.3, -0.25) is 0 Å². The third-order valence-electron chi connectivity index (χ3n) is 18.5. The molecule has 18 heteroatoms. The Morgan fingerprint density at radius 2 is 0.486 bits per heavy atom. The highest BCUT2D eigenvalue weighted by atomic mass is 127. The molecular formula is C93H82I9O6S3+3. The van der Waals surface area contributed by atoms with Gasteiger partial charge in [-0.2, -0.15) is 0 Å². The lowest BCUT2D eigenvalue weighted by molar-refractivity contribution is 0.0722. The average molecular weight is 2530 g/mol. The standard InChI is InChI=1S/C33H32I3O2S.C31H26I3O2S.C29H24I3O2S/c1-32(2,3)22-9-15-26(16-10-22)39(27-17-11-23(12-18-27)33(4,5)6)25-13-7-21(8-14-25)31(37)38-30-28(35)19-24(34)20-29(30)36;32-24-19-28(33)30(29(34)20-24)36-31(35)23-13-17-27(18-14-23)37(25-9-5-2-6-10-25)26-15-11-22(12-16-26)21-7-3-1-4-8-21;1-29(2,3)20-11-15-24(16-12-20)35(22-7-5-4-6-8-22)23-13-9-19(10-14-23)28(33)34-27-25(31)17-21(30)18-26(27)32/h7-20H,1-6H3;2,5-6,9-21H,1,3-4,7-8H2;4-18H,1-3H3/q3*+1. The molecule has 1 saturated carbocycles. The topological polar surface area (TPSA) is 78.9 Å². The van der Waals surface area contributed by atoms with Crippen LogP contribution < -0.4 is 14.2 Å². The van der Waals surface area contributed by atoms with E-state index in [0.717, 1.165) is 41.9 Å². The van der Waals surface area contributed by atoms with E-state index >= 15 is 0 Å². The number of hydrogen-bond acceptors (Lipinski definition) is 6. The molecule has 568 valence electrons. The van der Waals surface area contributed by atoms with Gasteiger partial charge in [0, 0.05) is 10.7 Å². The van der Waals surface area contributed by atoms with Crippen LogP contribution in [-0.4, -0.2) is 17.9 Å². The highest BCUT2D eigenvalue weighted by Gasteiger charge is 2.34. The zero-order chi connectivity index (χ0) is 79.5. The van der Waals surface area contributed by atoms with Gasteiger partial charge in [-0.1, -0.05) is 167 Å². The number of ether oxygens (including phenoxy) is 3. The molecule has 2 atom stereocenters. The Bertz CT molecular complexity index is 5080. The van der Waals surface area contributed by atoms with Crippen LogP contribution >= 0.6 is 203 Å². The molecule has 12 aromatic carbocycles. The molecule has 0 radical (unpaired) electrons. The van der Waals surface area contributed by atoms with Crippen LogP contribution in [0.15, 0.2) is 311 Å². The van der Waals surface area contributed by atoms with Crippen molar-refractivity contribution in [3.63, 3.8) is 0 Å². The predicted molar refractivity (Wildman–Crippen MR) is 535 cm³/mol. The van der Waals surface area contributed by atoms with Gasteiger partial charge >= 0.3 is 17.9 Å². The number of benzene rings is 12. The molecule has 0 heterocycles. The molecule has 0 N–H and O–H groups in total. The van der Waals surface area contributed by atoms with Crippen LogP contribution in [0.25, 0.3) is 0 Å². The van der Waals surface area contributed by atoms with E-state index in [1.165, 1.54) is 88.6 Å². The van der Waals surface area contributed by atoms with Gasteiger partial charge in [0.25, 0.3) is 0 Å². The first-order valence-corrected chi connectivity index (χ1v) is 49.4. The first-order chi connectivity index (χ1) is 52.9. The smallest absolute Gasteiger partial charge is 0.343 e. The molecule has 0 aromatic heterocycles. The quantitative estimate of drug-likeness (QED) is 0.0415. The van der Waals surface area contributed by atoms with Gasteiger partial charge in [-0.15, -0.1) is 0 Å². The summed E-state index contributed by atoms with van der Waals surface area (Å²) in [6.07, 6.45) is 6.68. The fourth-order valence-corrected chi connectivity index (χ4v) is 30.0. The van der Waals surface area contributed by atoms with E-state index in [-0.39, 0.29) is 66.8 Å². The highest BCUT2D eigenvalue weighted by Crippen LogP contribution is 2.41. The molecule has 1 fully saturated rings. The number of carbonyl (C=O) groups excluding carboxylic acids is 3. The van der Waals surface area contributed by atoms with Crippen molar-refractivity contribution in [2.45, 2.75) is 161 Å². The fourth-order valence-electron chi connectivity index (χ4n) is 12.4. The summed E-state index contributed by atoms with van der Waals surface area (Å²) in [4.78, 5) is 50.1. The molecule has 0 amide bonds. The number of carbonyl (C=O) groups is 3. The van der Waals surface area contributed by atoms with Crippen molar-refractivity contribution in [2.75, 3.05) is 0 Å². The zero-order valence-corrected chi connectivity index (χ0v) is 84.5. The summed E-state index contributed by atoms with van der Waals surface area (Å²) >= 11 is 20.1. The second kappa shape index (κ2) is 40.4. The Balaban J connectivity index is 0.000000165. The molecule has 12 aromatic rings. The van der Waals surface area contributed by atoms with Crippen LogP contribution in [0.5, 0.6) is 17.2 Å². The highest BCUT2D eigenvalue weighted by molar-refractivity contribution is 14.1. The van der Waals surface area contributed by atoms with Crippen LogP contribution in [0.3, 0.4) is 0 Å². The van der Waals surface area contributed by atoms with Gasteiger partial charge in [0.2, 0.25) is 0 Å². The van der Waals surface area contributed by atoms with E-state index in [1.54, 1.807) is 0 Å². The molecular weight excluding hydrogens is 2450 g/mol. The summed E-state index contributed by atoms with van der Waals surface area (Å²) in [5.74, 6) is 1.53. The van der Waals surface area contributed by atoms with Gasteiger partial charge in [-0.25, -0.2) is 14.4 Å². The normalized spacial score (nSPS) is 13.0. The van der Waals surface area contributed by atoms with Crippen LogP contribution in [-0.2, 0) is 48.9 Å². The minimum Gasteiger partial charge on any atom is -0.421 e. The molecule has 0 aliphatic heterocycles. The molecule has 0 saturated heterocycles. The van der Waals surface area contributed by atoms with Crippen LogP contribution in [0.4, 0.5) is 0 Å². The van der Waals surface area contributed by atoms with Crippen LogP contribution in [0.1, 0.15) is 154 Å². The first kappa shape index (κ1) is 88.5. The molecule has 0 bridgehead atoms. The minimum atomic E-state index is -0.345. The fraction of sp³-hybridized carbons (Fsp3) is 0.194. The second-order valence-electron chi connectivity index (χ2n) is 29.6. The molecule has 111 heavy (non-hydrogen) atoms. The van der Waals surface area contributed by atoms with Crippen molar-refractivity contribution in [3.05, 3.63) is 338 Å². The largest absolute Gasteiger partial charge is 0.421 e. The van der Waals surface area contributed by atoms with Gasteiger partial charge in [0.05, 0.1) is 70.8 Å². The molecule has 13 rings (SSSR count). The molecule has 2 unspecified atom stereocenters. The molecule has 0 spiro atoms. The lowest BCUT2D eigenvalue weighted by atomic mass is 9.84. The van der Waals surface area contributed by atoms with E-state index in [4.69, 9.17) is 14.2 Å². The Morgan fingerprint density at radius 3 is 0.712 bits per heavy atom. The number of halogens is 9. The number of rotatable bonds is 16. The SMILES string of the molecule is CC(C)(C)c1ccc([S+](c2ccc(C(=O)Oc3c(I)cc(I)cc3I)cc2)c2ccc(C(C)(C)C)cc2)cc1.CC(C)(C)c1ccc([S+](c2ccccc2)c2ccc(C(=O)Oc3c(I)cc(I)cc3I)cc2)cc1.O=C(Oc1c(I)cc(I)cc1I)c1ccc([S+](c2ccccc2)c2ccc(C3CCCCC3)cc2)cc1. The van der Waals surface area contributed by atoms with Crippen molar-refractivity contribution < 1.29 is 28.6 Å². The molecule has 6 nitrogen and oxygen atoms in total.